The summed E-state index contributed by atoms with van der Waals surface area (Å²) in [7, 11) is 0. The number of thiazole rings is 1. The summed E-state index contributed by atoms with van der Waals surface area (Å²) in [4.78, 5) is 5.89. The number of hydrogen-bond acceptors (Lipinski definition) is 2. The number of aryl methyl sites for hydroxylation is 1. The van der Waals surface area contributed by atoms with Crippen LogP contribution >= 0.6 is 11.3 Å². The summed E-state index contributed by atoms with van der Waals surface area (Å²) in [5.74, 6) is 0.589. The smallest absolute Gasteiger partial charge is 0.123 e. The van der Waals surface area contributed by atoms with Crippen molar-refractivity contribution in [3.8, 4) is 10.6 Å². The molecule has 112 valence electrons. The summed E-state index contributed by atoms with van der Waals surface area (Å²) in [6, 6.07) is 17.5. The summed E-state index contributed by atoms with van der Waals surface area (Å²) in [6.07, 6.45) is 2.97. The highest BCUT2D eigenvalue weighted by molar-refractivity contribution is 7.15. The Morgan fingerprint density at radius 2 is 1.64 bits per heavy atom. The minimum atomic E-state index is 0.589. The lowest BCUT2D eigenvalue weighted by Crippen LogP contribution is -1.89. The van der Waals surface area contributed by atoms with Gasteiger partial charge < -0.3 is 0 Å². The van der Waals surface area contributed by atoms with Gasteiger partial charge in [-0.2, -0.15) is 0 Å². The molecule has 0 saturated carbocycles. The van der Waals surface area contributed by atoms with Gasteiger partial charge in [0, 0.05) is 23.1 Å². The summed E-state index contributed by atoms with van der Waals surface area (Å²) < 4.78 is 0. The van der Waals surface area contributed by atoms with Crippen LogP contribution in [0.4, 0.5) is 0 Å². The molecule has 0 atom stereocenters. The molecule has 0 bridgehead atoms. The summed E-state index contributed by atoms with van der Waals surface area (Å²) >= 11 is 1.79. The third kappa shape index (κ3) is 3.45. The molecule has 0 N–H and O–H groups in total. The molecule has 0 aliphatic carbocycles. The van der Waals surface area contributed by atoms with Crippen LogP contribution in [0.1, 0.15) is 41.3 Å². The molecule has 0 aliphatic rings. The molecular formula is C20H21NS. The molecule has 1 nitrogen and oxygen atoms in total. The Kier molecular flexibility index (Phi) is 4.39. The molecular weight excluding hydrogens is 286 g/mol. The monoisotopic (exact) mass is 307 g/mol. The second-order valence-corrected chi connectivity index (χ2v) is 7.19. The summed E-state index contributed by atoms with van der Waals surface area (Å²) in [5.41, 5.74) is 5.24. The van der Waals surface area contributed by atoms with Crippen LogP contribution in [-0.4, -0.2) is 4.98 Å². The van der Waals surface area contributed by atoms with E-state index in [4.69, 9.17) is 0 Å². The van der Waals surface area contributed by atoms with Crippen molar-refractivity contribution < 1.29 is 0 Å². The first kappa shape index (κ1) is 15.0. The van der Waals surface area contributed by atoms with Crippen LogP contribution in [0, 0.1) is 6.92 Å². The third-order valence-corrected chi connectivity index (χ3v) is 4.92. The van der Waals surface area contributed by atoms with Crippen LogP contribution in [0.25, 0.3) is 10.6 Å². The summed E-state index contributed by atoms with van der Waals surface area (Å²) in [5, 5.41) is 1.11. The lowest BCUT2D eigenvalue weighted by Gasteiger charge is -2.06. The van der Waals surface area contributed by atoms with E-state index in [1.54, 1.807) is 11.3 Å². The van der Waals surface area contributed by atoms with Crippen molar-refractivity contribution in [2.75, 3.05) is 0 Å². The first-order valence-electron chi connectivity index (χ1n) is 7.72. The van der Waals surface area contributed by atoms with Gasteiger partial charge in [-0.1, -0.05) is 67.9 Å². The minimum Gasteiger partial charge on any atom is -0.244 e. The zero-order valence-corrected chi connectivity index (χ0v) is 14.2. The van der Waals surface area contributed by atoms with Gasteiger partial charge in [-0.05, 0) is 24.0 Å². The van der Waals surface area contributed by atoms with Gasteiger partial charge in [-0.3, -0.25) is 0 Å². The topological polar surface area (TPSA) is 12.9 Å². The van der Waals surface area contributed by atoms with Gasteiger partial charge in [-0.25, -0.2) is 4.98 Å². The Morgan fingerprint density at radius 3 is 2.27 bits per heavy atom. The fourth-order valence-corrected chi connectivity index (χ4v) is 3.39. The normalized spacial score (nSPS) is 11.1. The largest absolute Gasteiger partial charge is 0.244 e. The maximum Gasteiger partial charge on any atom is 0.123 e. The standard InChI is InChI=1S/C20H21NS/c1-14(2)17-10-6-16(7-11-17)12-19-13-21-20(22-19)18-8-4-15(3)5-9-18/h4-11,13-14H,12H2,1-3H3. The molecule has 0 spiro atoms. The van der Waals surface area contributed by atoms with E-state index in [1.807, 2.05) is 6.20 Å². The molecule has 2 heteroatoms. The van der Waals surface area contributed by atoms with Gasteiger partial charge >= 0.3 is 0 Å². The van der Waals surface area contributed by atoms with Crippen LogP contribution in [0.2, 0.25) is 0 Å². The quantitative estimate of drug-likeness (QED) is 0.590. The zero-order valence-electron chi connectivity index (χ0n) is 13.3. The number of benzene rings is 2. The van der Waals surface area contributed by atoms with Crippen molar-refractivity contribution in [3.63, 3.8) is 0 Å². The van der Waals surface area contributed by atoms with Crippen molar-refractivity contribution in [2.45, 2.75) is 33.1 Å². The molecule has 1 aromatic heterocycles. The van der Waals surface area contributed by atoms with E-state index in [0.717, 1.165) is 11.4 Å². The van der Waals surface area contributed by atoms with Gasteiger partial charge in [0.15, 0.2) is 0 Å². The van der Waals surface area contributed by atoms with Crippen molar-refractivity contribution in [3.05, 3.63) is 76.3 Å². The molecule has 3 aromatic rings. The Balaban J connectivity index is 1.75. The van der Waals surface area contributed by atoms with Crippen molar-refractivity contribution in [1.82, 2.24) is 4.98 Å². The van der Waals surface area contributed by atoms with E-state index in [-0.39, 0.29) is 0 Å². The van der Waals surface area contributed by atoms with Crippen LogP contribution < -0.4 is 0 Å². The van der Waals surface area contributed by atoms with E-state index >= 15 is 0 Å². The second-order valence-electron chi connectivity index (χ2n) is 6.07. The molecule has 0 unspecified atom stereocenters. The highest BCUT2D eigenvalue weighted by atomic mass is 32.1. The fourth-order valence-electron chi connectivity index (χ4n) is 2.44. The fraction of sp³-hybridized carbons (Fsp3) is 0.250. The molecule has 0 fully saturated rings. The number of aromatic nitrogens is 1. The number of rotatable bonds is 4. The van der Waals surface area contributed by atoms with Gasteiger partial charge in [0.05, 0.1) is 0 Å². The lowest BCUT2D eigenvalue weighted by atomic mass is 10.0. The molecule has 0 aliphatic heterocycles. The molecule has 3 rings (SSSR count). The lowest BCUT2D eigenvalue weighted by molar-refractivity contribution is 0.865. The van der Waals surface area contributed by atoms with E-state index in [9.17, 15) is 0 Å². The van der Waals surface area contributed by atoms with Gasteiger partial charge in [-0.15, -0.1) is 11.3 Å². The van der Waals surface area contributed by atoms with Gasteiger partial charge in [0.25, 0.3) is 0 Å². The van der Waals surface area contributed by atoms with Gasteiger partial charge in [0.1, 0.15) is 5.01 Å². The molecule has 1 heterocycles. The Morgan fingerprint density at radius 1 is 0.955 bits per heavy atom. The van der Waals surface area contributed by atoms with E-state index in [0.29, 0.717) is 5.92 Å². The van der Waals surface area contributed by atoms with E-state index in [1.165, 1.54) is 27.1 Å². The SMILES string of the molecule is Cc1ccc(-c2ncc(Cc3ccc(C(C)C)cc3)s2)cc1. The van der Waals surface area contributed by atoms with Crippen LogP contribution in [0.3, 0.4) is 0 Å². The molecule has 2 aromatic carbocycles. The first-order chi connectivity index (χ1) is 10.6. The maximum absolute atomic E-state index is 4.58. The van der Waals surface area contributed by atoms with Crippen LogP contribution in [0.15, 0.2) is 54.7 Å². The zero-order chi connectivity index (χ0) is 15.5. The first-order valence-corrected chi connectivity index (χ1v) is 8.54. The van der Waals surface area contributed by atoms with Crippen molar-refractivity contribution in [1.29, 1.82) is 0 Å². The third-order valence-electron chi connectivity index (χ3n) is 3.88. The number of hydrogen-bond donors (Lipinski definition) is 0. The van der Waals surface area contributed by atoms with Crippen LogP contribution in [-0.2, 0) is 6.42 Å². The predicted molar refractivity (Wildman–Crippen MR) is 95.6 cm³/mol. The van der Waals surface area contributed by atoms with Crippen molar-refractivity contribution >= 4 is 11.3 Å². The second kappa shape index (κ2) is 6.45. The Hall–Kier alpha value is -1.93. The van der Waals surface area contributed by atoms with Crippen LogP contribution in [0.5, 0.6) is 0 Å². The average molecular weight is 307 g/mol. The highest BCUT2D eigenvalue weighted by Gasteiger charge is 2.06. The minimum absolute atomic E-state index is 0.589. The molecule has 22 heavy (non-hydrogen) atoms. The molecule has 0 amide bonds. The Bertz CT molecular complexity index is 736. The molecule has 0 radical (unpaired) electrons. The summed E-state index contributed by atoms with van der Waals surface area (Å²) in [6.45, 7) is 6.57. The van der Waals surface area contributed by atoms with E-state index in [2.05, 4.69) is 74.3 Å². The predicted octanol–water partition coefficient (Wildman–Crippen LogP) is 5.83. The number of nitrogens with zero attached hydrogens (tertiary/aromatic N) is 1. The highest BCUT2D eigenvalue weighted by Crippen LogP contribution is 2.27. The Labute approximate surface area is 136 Å². The molecule has 0 saturated heterocycles. The average Bonchev–Trinajstić information content (AvgIpc) is 2.97. The van der Waals surface area contributed by atoms with E-state index < -0.39 is 0 Å². The maximum atomic E-state index is 4.58. The van der Waals surface area contributed by atoms with Gasteiger partial charge in [0.2, 0.25) is 0 Å². The van der Waals surface area contributed by atoms with Crippen molar-refractivity contribution in [2.24, 2.45) is 0 Å².